The number of benzene rings is 1. The van der Waals surface area contributed by atoms with Gasteiger partial charge in [0.05, 0.1) is 0 Å². The summed E-state index contributed by atoms with van der Waals surface area (Å²) in [5, 5.41) is 9.29. The van der Waals surface area contributed by atoms with E-state index >= 15 is 0 Å². The molecule has 1 N–H and O–H groups in total. The number of halogens is 1. The Labute approximate surface area is 107 Å². The maximum atomic E-state index is 11.9. The van der Waals surface area contributed by atoms with Gasteiger partial charge in [0.2, 0.25) is 18.5 Å². The third-order valence-electron chi connectivity index (χ3n) is 2.33. The molecule has 0 saturated carbocycles. The van der Waals surface area contributed by atoms with E-state index in [9.17, 15) is 9.90 Å². The fraction of sp³-hybridized carbons (Fsp3) is 0.0769. The van der Waals surface area contributed by atoms with E-state index in [4.69, 9.17) is 0 Å². The lowest BCUT2D eigenvalue weighted by Gasteiger charge is -1.98. The zero-order valence-electron chi connectivity index (χ0n) is 9.01. The van der Waals surface area contributed by atoms with Gasteiger partial charge >= 0.3 is 0 Å². The molecule has 0 spiro atoms. The van der Waals surface area contributed by atoms with Crippen LogP contribution in [0.2, 0.25) is 0 Å². The number of ketones is 1. The molecule has 1 heterocycles. The van der Waals surface area contributed by atoms with Crippen molar-refractivity contribution < 1.29 is 14.5 Å². The zero-order valence-corrected chi connectivity index (χ0v) is 10.6. The normalized spacial score (nSPS) is 10.2. The van der Waals surface area contributed by atoms with Gasteiger partial charge in [-0.1, -0.05) is 28.1 Å². The Morgan fingerprint density at radius 3 is 2.59 bits per heavy atom. The predicted octanol–water partition coefficient (Wildman–Crippen LogP) is 2.33. The molecule has 2 rings (SSSR count). The van der Waals surface area contributed by atoms with Crippen LogP contribution in [-0.2, 0) is 6.54 Å². The van der Waals surface area contributed by atoms with E-state index in [1.807, 2.05) is 12.1 Å². The van der Waals surface area contributed by atoms with Crippen molar-refractivity contribution in [3.8, 4) is 5.75 Å². The van der Waals surface area contributed by atoms with Crippen LogP contribution in [0.25, 0.3) is 0 Å². The average molecular weight is 293 g/mol. The maximum Gasteiger partial charge on any atom is 0.227 e. The van der Waals surface area contributed by atoms with Gasteiger partial charge in [-0.2, -0.15) is 4.57 Å². The Hall–Kier alpha value is -1.68. The van der Waals surface area contributed by atoms with Crippen LogP contribution in [0.4, 0.5) is 0 Å². The second-order valence-electron chi connectivity index (χ2n) is 3.66. The van der Waals surface area contributed by atoms with E-state index in [1.165, 1.54) is 6.20 Å². The van der Waals surface area contributed by atoms with Gasteiger partial charge in [0.1, 0.15) is 0 Å². The smallest absolute Gasteiger partial charge is 0.227 e. The number of pyridine rings is 1. The minimum absolute atomic E-state index is 0.00750. The molecule has 0 radical (unpaired) electrons. The molecule has 3 nitrogen and oxygen atoms in total. The van der Waals surface area contributed by atoms with E-state index < -0.39 is 0 Å². The van der Waals surface area contributed by atoms with E-state index in [0.717, 1.165) is 4.47 Å². The Bertz CT molecular complexity index is 537. The second-order valence-corrected chi connectivity index (χ2v) is 4.58. The third kappa shape index (κ3) is 3.14. The molecule has 1 aromatic heterocycles. The van der Waals surface area contributed by atoms with Crippen molar-refractivity contribution >= 4 is 21.7 Å². The average Bonchev–Trinajstić information content (AvgIpc) is 2.29. The molecule has 4 heteroatoms. The van der Waals surface area contributed by atoms with Crippen LogP contribution in [0.1, 0.15) is 10.4 Å². The summed E-state index contributed by atoms with van der Waals surface area (Å²) in [6, 6.07) is 10.5. The standard InChI is InChI=1S/C13H10BrNO2/c14-11-5-3-10(4-6-11)13(17)9-15-7-1-2-12(16)8-15/h1-8H,9H2/p+1. The molecule has 1 aromatic carbocycles. The lowest BCUT2D eigenvalue weighted by Crippen LogP contribution is -2.36. The van der Waals surface area contributed by atoms with Gasteiger partial charge in [-0.15, -0.1) is 0 Å². The highest BCUT2D eigenvalue weighted by Crippen LogP contribution is 2.11. The van der Waals surface area contributed by atoms with Crippen molar-refractivity contribution in [1.82, 2.24) is 0 Å². The Balaban J connectivity index is 2.14. The monoisotopic (exact) mass is 292 g/mol. The molecule has 0 aliphatic heterocycles. The number of aromatic hydroxyl groups is 1. The summed E-state index contributed by atoms with van der Waals surface area (Å²) in [5.41, 5.74) is 0.657. The summed E-state index contributed by atoms with van der Waals surface area (Å²) < 4.78 is 2.60. The van der Waals surface area contributed by atoms with Crippen LogP contribution in [0.3, 0.4) is 0 Å². The largest absolute Gasteiger partial charge is 0.503 e. The highest BCUT2D eigenvalue weighted by molar-refractivity contribution is 9.10. The minimum Gasteiger partial charge on any atom is -0.503 e. The fourth-order valence-electron chi connectivity index (χ4n) is 1.50. The van der Waals surface area contributed by atoms with E-state index in [-0.39, 0.29) is 18.1 Å². The maximum absolute atomic E-state index is 11.9. The van der Waals surface area contributed by atoms with Gasteiger partial charge in [0, 0.05) is 16.1 Å². The molecule has 0 atom stereocenters. The Morgan fingerprint density at radius 2 is 1.94 bits per heavy atom. The molecular weight excluding hydrogens is 282 g/mol. The molecule has 0 saturated heterocycles. The fourth-order valence-corrected chi connectivity index (χ4v) is 1.76. The van der Waals surface area contributed by atoms with Crippen molar-refractivity contribution in [1.29, 1.82) is 0 Å². The van der Waals surface area contributed by atoms with Crippen LogP contribution in [-0.4, -0.2) is 10.9 Å². The Morgan fingerprint density at radius 1 is 1.24 bits per heavy atom. The molecule has 0 amide bonds. The summed E-state index contributed by atoms with van der Waals surface area (Å²) >= 11 is 3.32. The number of Topliss-reactive ketones (excluding diaryl/α,β-unsaturated/α-hetero) is 1. The molecule has 0 unspecified atom stereocenters. The van der Waals surface area contributed by atoms with Crippen molar-refractivity contribution in [2.24, 2.45) is 0 Å². The van der Waals surface area contributed by atoms with Gasteiger partial charge in [0.15, 0.2) is 11.9 Å². The zero-order chi connectivity index (χ0) is 12.3. The summed E-state index contributed by atoms with van der Waals surface area (Å²) in [6.07, 6.45) is 3.27. The molecule has 86 valence electrons. The number of rotatable bonds is 3. The summed E-state index contributed by atoms with van der Waals surface area (Å²) in [5.74, 6) is 0.157. The predicted molar refractivity (Wildman–Crippen MR) is 66.8 cm³/mol. The van der Waals surface area contributed by atoms with Crippen LogP contribution >= 0.6 is 15.9 Å². The van der Waals surface area contributed by atoms with Crippen molar-refractivity contribution in [3.63, 3.8) is 0 Å². The topological polar surface area (TPSA) is 41.2 Å². The van der Waals surface area contributed by atoms with Gasteiger partial charge in [-0.3, -0.25) is 4.79 Å². The number of carbonyl (C=O) groups is 1. The highest BCUT2D eigenvalue weighted by atomic mass is 79.9. The quantitative estimate of drug-likeness (QED) is 0.697. The van der Waals surface area contributed by atoms with Crippen molar-refractivity contribution in [3.05, 3.63) is 58.8 Å². The number of aromatic nitrogens is 1. The van der Waals surface area contributed by atoms with Crippen molar-refractivity contribution in [2.75, 3.05) is 0 Å². The van der Waals surface area contributed by atoms with Gasteiger partial charge in [0.25, 0.3) is 0 Å². The molecule has 0 aliphatic carbocycles. The molecule has 17 heavy (non-hydrogen) atoms. The SMILES string of the molecule is O=C(C[n+]1cccc(O)c1)c1ccc(Br)cc1. The van der Waals surface area contributed by atoms with E-state index in [1.54, 1.807) is 35.0 Å². The Kier molecular flexibility index (Phi) is 3.54. The molecule has 0 fully saturated rings. The highest BCUT2D eigenvalue weighted by Gasteiger charge is 2.12. The van der Waals surface area contributed by atoms with Gasteiger partial charge < -0.3 is 5.11 Å². The van der Waals surface area contributed by atoms with E-state index in [0.29, 0.717) is 5.56 Å². The summed E-state index contributed by atoms with van der Waals surface area (Å²) in [4.78, 5) is 11.9. The van der Waals surface area contributed by atoms with Gasteiger partial charge in [-0.05, 0) is 18.2 Å². The molecule has 0 aliphatic rings. The lowest BCUT2D eigenvalue weighted by atomic mass is 10.1. The third-order valence-corrected chi connectivity index (χ3v) is 2.86. The van der Waals surface area contributed by atoms with Crippen LogP contribution < -0.4 is 4.57 Å². The summed E-state index contributed by atoms with van der Waals surface area (Å²) in [7, 11) is 0. The first-order valence-corrected chi connectivity index (χ1v) is 5.91. The number of carbonyl (C=O) groups excluding carboxylic acids is 1. The number of hydrogen-bond acceptors (Lipinski definition) is 2. The molecule has 2 aromatic rings. The molecule has 0 bridgehead atoms. The van der Waals surface area contributed by atoms with Crippen LogP contribution in [0.15, 0.2) is 53.3 Å². The van der Waals surface area contributed by atoms with Crippen LogP contribution in [0.5, 0.6) is 5.75 Å². The van der Waals surface area contributed by atoms with Crippen LogP contribution in [0, 0.1) is 0 Å². The molecular formula is C13H11BrNO2+. The summed E-state index contributed by atoms with van der Waals surface area (Å²) in [6.45, 7) is 0.218. The number of nitrogens with zero attached hydrogens (tertiary/aromatic N) is 1. The first-order valence-electron chi connectivity index (χ1n) is 5.12. The van der Waals surface area contributed by atoms with E-state index in [2.05, 4.69) is 15.9 Å². The minimum atomic E-state index is 0.00750. The van der Waals surface area contributed by atoms with Gasteiger partial charge in [-0.25, -0.2) is 0 Å². The first-order chi connectivity index (χ1) is 8.15. The second kappa shape index (κ2) is 5.10. The first kappa shape index (κ1) is 11.8. The van der Waals surface area contributed by atoms with Crippen molar-refractivity contribution in [2.45, 2.75) is 6.54 Å². The lowest BCUT2D eigenvalue weighted by molar-refractivity contribution is -0.683. The number of hydrogen-bond donors (Lipinski definition) is 1.